The van der Waals surface area contributed by atoms with Gasteiger partial charge in [-0.1, -0.05) is 13.8 Å². The Morgan fingerprint density at radius 1 is 1.37 bits per heavy atom. The molecule has 1 aromatic rings. The van der Waals surface area contributed by atoms with Gasteiger partial charge in [-0.15, -0.1) is 0 Å². The Kier molecular flexibility index (Phi) is 3.61. The van der Waals surface area contributed by atoms with E-state index in [1.54, 1.807) is 6.07 Å². The normalized spacial score (nSPS) is 16.2. The van der Waals surface area contributed by atoms with Gasteiger partial charge in [-0.25, -0.2) is 0 Å². The molecule has 1 aliphatic carbocycles. The lowest BCUT2D eigenvalue weighted by Gasteiger charge is -2.20. The van der Waals surface area contributed by atoms with Crippen LogP contribution in [0.25, 0.3) is 0 Å². The van der Waals surface area contributed by atoms with Crippen LogP contribution >= 0.6 is 0 Å². The zero-order chi connectivity index (χ0) is 14.0. The first-order valence-corrected chi connectivity index (χ1v) is 6.47. The third-order valence-corrected chi connectivity index (χ3v) is 4.06. The maximum Gasteiger partial charge on any atom is 0.273 e. The van der Waals surface area contributed by atoms with Crippen molar-refractivity contribution in [2.24, 2.45) is 17.2 Å². The van der Waals surface area contributed by atoms with Crippen molar-refractivity contribution in [3.05, 3.63) is 28.3 Å². The van der Waals surface area contributed by atoms with Gasteiger partial charge in [0.05, 0.1) is 10.6 Å². The number of nitrogens with two attached hydrogens (primary N) is 1. The zero-order valence-corrected chi connectivity index (χ0v) is 11.3. The van der Waals surface area contributed by atoms with Crippen LogP contribution < -0.4 is 16.6 Å². The third-order valence-electron chi connectivity index (χ3n) is 4.06. The second-order valence-corrected chi connectivity index (χ2v) is 5.54. The molecule has 0 spiro atoms. The fourth-order valence-electron chi connectivity index (χ4n) is 2.30. The fourth-order valence-corrected chi connectivity index (χ4v) is 2.30. The SMILES string of the molecule is CC(C)C1(CNc2cc(NN)cc([N+](=O)[O-])c2)CC1. The molecule has 0 saturated heterocycles. The Balaban J connectivity index is 2.11. The van der Waals surface area contributed by atoms with Gasteiger partial charge in [-0.2, -0.15) is 0 Å². The summed E-state index contributed by atoms with van der Waals surface area (Å²) in [5.41, 5.74) is 4.10. The molecule has 1 fully saturated rings. The number of nitro groups is 1. The molecular weight excluding hydrogens is 244 g/mol. The summed E-state index contributed by atoms with van der Waals surface area (Å²) in [6, 6.07) is 4.74. The molecule has 0 atom stereocenters. The number of hydrogen-bond acceptors (Lipinski definition) is 5. The van der Waals surface area contributed by atoms with Crippen molar-refractivity contribution in [3.63, 3.8) is 0 Å². The van der Waals surface area contributed by atoms with Crippen molar-refractivity contribution in [2.75, 3.05) is 17.3 Å². The predicted molar refractivity (Wildman–Crippen MR) is 75.9 cm³/mol. The lowest BCUT2D eigenvalue weighted by Crippen LogP contribution is -2.21. The molecule has 0 unspecified atom stereocenters. The summed E-state index contributed by atoms with van der Waals surface area (Å²) < 4.78 is 0. The molecule has 2 rings (SSSR count). The van der Waals surface area contributed by atoms with Gasteiger partial charge in [-0.05, 0) is 30.2 Å². The molecule has 19 heavy (non-hydrogen) atoms. The van der Waals surface area contributed by atoms with E-state index >= 15 is 0 Å². The highest BCUT2D eigenvalue weighted by molar-refractivity contribution is 5.63. The Morgan fingerprint density at radius 2 is 2.00 bits per heavy atom. The van der Waals surface area contributed by atoms with E-state index in [2.05, 4.69) is 24.6 Å². The van der Waals surface area contributed by atoms with E-state index in [-0.39, 0.29) is 5.69 Å². The molecule has 0 aromatic heterocycles. The standard InChI is InChI=1S/C13H20N4O2/c1-9(2)13(3-4-13)8-15-10-5-11(16-14)7-12(6-10)17(18)19/h5-7,9,15-16H,3-4,8,14H2,1-2H3. The highest BCUT2D eigenvalue weighted by Gasteiger charge is 2.44. The van der Waals surface area contributed by atoms with Gasteiger partial charge >= 0.3 is 0 Å². The first kappa shape index (κ1) is 13.6. The second kappa shape index (κ2) is 5.05. The summed E-state index contributed by atoms with van der Waals surface area (Å²) in [6.07, 6.45) is 2.43. The predicted octanol–water partition coefficient (Wildman–Crippen LogP) is 2.73. The molecule has 104 valence electrons. The molecule has 0 amide bonds. The molecule has 1 aliphatic rings. The van der Waals surface area contributed by atoms with Gasteiger partial charge in [0, 0.05) is 24.4 Å². The smallest absolute Gasteiger partial charge is 0.273 e. The lowest BCUT2D eigenvalue weighted by molar-refractivity contribution is -0.384. The number of nitrogens with zero attached hydrogens (tertiary/aromatic N) is 1. The number of anilines is 2. The Bertz CT molecular complexity index is 484. The van der Waals surface area contributed by atoms with E-state index in [4.69, 9.17) is 5.84 Å². The molecule has 6 nitrogen and oxygen atoms in total. The summed E-state index contributed by atoms with van der Waals surface area (Å²) in [7, 11) is 0. The number of benzene rings is 1. The fraction of sp³-hybridized carbons (Fsp3) is 0.538. The van der Waals surface area contributed by atoms with Crippen molar-refractivity contribution in [1.29, 1.82) is 0 Å². The van der Waals surface area contributed by atoms with E-state index in [0.717, 1.165) is 12.2 Å². The molecule has 0 heterocycles. The van der Waals surface area contributed by atoms with E-state index < -0.39 is 4.92 Å². The molecule has 6 heteroatoms. The van der Waals surface area contributed by atoms with Crippen molar-refractivity contribution in [2.45, 2.75) is 26.7 Å². The van der Waals surface area contributed by atoms with Gasteiger partial charge in [0.1, 0.15) is 0 Å². The van der Waals surface area contributed by atoms with Crippen molar-refractivity contribution in [1.82, 2.24) is 0 Å². The number of nitrogens with one attached hydrogen (secondary N) is 2. The van der Waals surface area contributed by atoms with E-state index in [1.807, 2.05) is 0 Å². The van der Waals surface area contributed by atoms with Gasteiger partial charge in [0.2, 0.25) is 0 Å². The molecule has 0 aliphatic heterocycles. The molecule has 4 N–H and O–H groups in total. The summed E-state index contributed by atoms with van der Waals surface area (Å²) in [5, 5.41) is 14.2. The van der Waals surface area contributed by atoms with Gasteiger partial charge in [-0.3, -0.25) is 16.0 Å². The van der Waals surface area contributed by atoms with E-state index in [0.29, 0.717) is 17.0 Å². The molecule has 0 radical (unpaired) electrons. The Morgan fingerprint density at radius 3 is 2.47 bits per heavy atom. The van der Waals surface area contributed by atoms with Crippen molar-refractivity contribution < 1.29 is 4.92 Å². The van der Waals surface area contributed by atoms with Gasteiger partial charge in [0.25, 0.3) is 5.69 Å². The van der Waals surface area contributed by atoms with Crippen LogP contribution in [0.5, 0.6) is 0 Å². The average Bonchev–Trinajstić information content (AvgIpc) is 3.17. The number of rotatable bonds is 6. The van der Waals surface area contributed by atoms with Crippen LogP contribution in [0.1, 0.15) is 26.7 Å². The van der Waals surface area contributed by atoms with Crippen LogP contribution in [0.2, 0.25) is 0 Å². The van der Waals surface area contributed by atoms with Crippen LogP contribution in [0.4, 0.5) is 17.1 Å². The van der Waals surface area contributed by atoms with Crippen molar-refractivity contribution >= 4 is 17.1 Å². The minimum atomic E-state index is -0.415. The van der Waals surface area contributed by atoms with Crippen LogP contribution in [-0.4, -0.2) is 11.5 Å². The first-order chi connectivity index (χ1) is 8.97. The first-order valence-electron chi connectivity index (χ1n) is 6.47. The third kappa shape index (κ3) is 2.96. The van der Waals surface area contributed by atoms with Crippen LogP contribution in [0.15, 0.2) is 18.2 Å². The Labute approximate surface area is 112 Å². The second-order valence-electron chi connectivity index (χ2n) is 5.54. The Hall–Kier alpha value is -1.82. The number of nitro benzene ring substituents is 1. The van der Waals surface area contributed by atoms with E-state index in [1.165, 1.54) is 25.0 Å². The summed E-state index contributed by atoms with van der Waals surface area (Å²) in [6.45, 7) is 5.28. The number of hydrazine groups is 1. The number of hydrogen-bond donors (Lipinski definition) is 3. The molecular formula is C13H20N4O2. The summed E-state index contributed by atoms with van der Waals surface area (Å²) in [5.74, 6) is 5.95. The zero-order valence-electron chi connectivity index (χ0n) is 11.3. The van der Waals surface area contributed by atoms with Crippen molar-refractivity contribution in [3.8, 4) is 0 Å². The minimum absolute atomic E-state index is 0.0346. The molecule has 1 aromatic carbocycles. The minimum Gasteiger partial charge on any atom is -0.384 e. The highest BCUT2D eigenvalue weighted by atomic mass is 16.6. The van der Waals surface area contributed by atoms with Gasteiger partial charge in [0.15, 0.2) is 0 Å². The van der Waals surface area contributed by atoms with E-state index in [9.17, 15) is 10.1 Å². The quantitative estimate of drug-likeness (QED) is 0.417. The molecule has 1 saturated carbocycles. The average molecular weight is 264 g/mol. The highest BCUT2D eigenvalue weighted by Crippen LogP contribution is 2.51. The topological polar surface area (TPSA) is 93.2 Å². The summed E-state index contributed by atoms with van der Waals surface area (Å²) in [4.78, 5) is 10.4. The van der Waals surface area contributed by atoms with Crippen LogP contribution in [-0.2, 0) is 0 Å². The number of nitrogen functional groups attached to an aromatic ring is 1. The maximum atomic E-state index is 10.9. The number of non-ortho nitro benzene ring substituents is 1. The van der Waals surface area contributed by atoms with Gasteiger partial charge < -0.3 is 10.7 Å². The van der Waals surface area contributed by atoms with Crippen LogP contribution in [0.3, 0.4) is 0 Å². The van der Waals surface area contributed by atoms with Crippen LogP contribution in [0, 0.1) is 21.4 Å². The maximum absolute atomic E-state index is 10.9. The summed E-state index contributed by atoms with van der Waals surface area (Å²) >= 11 is 0. The lowest BCUT2D eigenvalue weighted by atomic mass is 9.92. The largest absolute Gasteiger partial charge is 0.384 e. The molecule has 0 bridgehead atoms. The monoisotopic (exact) mass is 264 g/mol.